The largest absolute Gasteiger partial charge is 1.00 e. The number of nitrogens with one attached hydrogen (secondary N) is 1. The van der Waals surface area contributed by atoms with Crippen molar-refractivity contribution in [2.45, 2.75) is 19.3 Å². The zero-order valence-corrected chi connectivity index (χ0v) is 10.0. The molecule has 0 amide bonds. The number of piperidine rings is 1. The maximum atomic E-state index is 9.33. The number of halogens is 1. The fourth-order valence-electron chi connectivity index (χ4n) is 2.22. The van der Waals surface area contributed by atoms with Gasteiger partial charge in [-0.1, -0.05) is 30.3 Å². The zero-order chi connectivity index (χ0) is 10.6. The number of nitriles is 1. The summed E-state index contributed by atoms with van der Waals surface area (Å²) in [4.78, 5) is 0. The van der Waals surface area contributed by atoms with Crippen molar-refractivity contribution in [3.8, 4) is 6.07 Å². The average molecular weight is 237 g/mol. The molecule has 1 aromatic rings. The third-order valence-electron chi connectivity index (χ3n) is 3.18. The molecule has 1 saturated heterocycles. The molecule has 2 rings (SSSR count). The fraction of sp³-hybridized carbons (Fsp3) is 0.462. The molecule has 0 spiro atoms. The van der Waals surface area contributed by atoms with Gasteiger partial charge < -0.3 is 17.7 Å². The van der Waals surface area contributed by atoms with Crippen LogP contribution >= 0.6 is 0 Å². The Hall–Kier alpha value is -1.04. The van der Waals surface area contributed by atoms with Crippen LogP contribution in [0, 0.1) is 16.7 Å². The highest BCUT2D eigenvalue weighted by atomic mass is 35.5. The topological polar surface area (TPSA) is 35.8 Å². The molecule has 0 bridgehead atoms. The third-order valence-corrected chi connectivity index (χ3v) is 3.18. The molecule has 0 aromatic heterocycles. The Morgan fingerprint density at radius 3 is 2.44 bits per heavy atom. The van der Waals surface area contributed by atoms with Gasteiger partial charge in [0.25, 0.3) is 0 Å². The lowest BCUT2D eigenvalue weighted by Gasteiger charge is -2.31. The van der Waals surface area contributed by atoms with Gasteiger partial charge in [0, 0.05) is 0 Å². The van der Waals surface area contributed by atoms with Crippen LogP contribution in [0.4, 0.5) is 0 Å². The first-order valence-corrected chi connectivity index (χ1v) is 5.51. The van der Waals surface area contributed by atoms with E-state index in [0.29, 0.717) is 0 Å². The second-order valence-electron chi connectivity index (χ2n) is 4.30. The summed E-state index contributed by atoms with van der Waals surface area (Å²) in [5, 5.41) is 12.6. The Balaban J connectivity index is 0.00000128. The summed E-state index contributed by atoms with van der Waals surface area (Å²) in [7, 11) is 0. The SMILES string of the molecule is N#CC1(Cc2ccccc2)CCNCC1.[Cl-].[H+]. The normalized spacial score (nSPS) is 18.2. The Morgan fingerprint density at radius 2 is 1.88 bits per heavy atom. The maximum absolute atomic E-state index is 9.33. The molecule has 0 aliphatic carbocycles. The second-order valence-corrected chi connectivity index (χ2v) is 4.30. The molecule has 0 atom stereocenters. The van der Waals surface area contributed by atoms with Gasteiger partial charge in [-0.05, 0) is 37.9 Å². The lowest BCUT2D eigenvalue weighted by molar-refractivity contribution is -0.00000359. The van der Waals surface area contributed by atoms with E-state index in [-0.39, 0.29) is 19.2 Å². The monoisotopic (exact) mass is 236 g/mol. The minimum Gasteiger partial charge on any atom is -1.00 e. The fourth-order valence-corrected chi connectivity index (χ4v) is 2.22. The molecule has 16 heavy (non-hydrogen) atoms. The number of benzene rings is 1. The van der Waals surface area contributed by atoms with Gasteiger partial charge in [0.1, 0.15) is 0 Å². The van der Waals surface area contributed by atoms with Crippen molar-refractivity contribution in [3.05, 3.63) is 35.9 Å². The van der Waals surface area contributed by atoms with Crippen molar-refractivity contribution in [1.82, 2.24) is 5.32 Å². The highest BCUT2D eigenvalue weighted by Crippen LogP contribution is 2.31. The summed E-state index contributed by atoms with van der Waals surface area (Å²) in [6, 6.07) is 12.9. The van der Waals surface area contributed by atoms with Gasteiger partial charge in [-0.2, -0.15) is 5.26 Å². The molecule has 86 valence electrons. The van der Waals surface area contributed by atoms with Crippen LogP contribution in [0.5, 0.6) is 0 Å². The molecule has 2 nitrogen and oxygen atoms in total. The quantitative estimate of drug-likeness (QED) is 0.733. The van der Waals surface area contributed by atoms with Crippen LogP contribution in [0.15, 0.2) is 30.3 Å². The lowest BCUT2D eigenvalue weighted by atomic mass is 9.75. The van der Waals surface area contributed by atoms with E-state index in [4.69, 9.17) is 0 Å². The summed E-state index contributed by atoms with van der Waals surface area (Å²) < 4.78 is 0. The smallest absolute Gasteiger partial charge is 1.00 e. The van der Waals surface area contributed by atoms with Gasteiger partial charge in [-0.15, -0.1) is 0 Å². The highest BCUT2D eigenvalue weighted by molar-refractivity contribution is 5.19. The van der Waals surface area contributed by atoms with Gasteiger partial charge in [0.05, 0.1) is 11.5 Å². The predicted molar refractivity (Wildman–Crippen MR) is 61.4 cm³/mol. The number of rotatable bonds is 2. The molecule has 1 aliphatic rings. The van der Waals surface area contributed by atoms with Gasteiger partial charge >= 0.3 is 1.43 Å². The van der Waals surface area contributed by atoms with Crippen LogP contribution in [0.1, 0.15) is 19.8 Å². The summed E-state index contributed by atoms with van der Waals surface area (Å²) in [5.74, 6) is 0. The van der Waals surface area contributed by atoms with E-state index >= 15 is 0 Å². The number of nitrogens with zero attached hydrogens (tertiary/aromatic N) is 1. The third kappa shape index (κ3) is 2.98. The molecule has 0 radical (unpaired) electrons. The molecular formula is C13H17ClN2. The van der Waals surface area contributed by atoms with Crippen LogP contribution < -0.4 is 17.7 Å². The van der Waals surface area contributed by atoms with Crippen molar-refractivity contribution in [2.75, 3.05) is 13.1 Å². The molecule has 3 heteroatoms. The van der Waals surface area contributed by atoms with Crippen molar-refractivity contribution in [2.24, 2.45) is 5.41 Å². The van der Waals surface area contributed by atoms with Crippen molar-refractivity contribution < 1.29 is 13.8 Å². The minimum absolute atomic E-state index is 0. The standard InChI is InChI=1S/C13H16N2.ClH/c14-11-13(6-8-15-9-7-13)10-12-4-2-1-3-5-12;/h1-5,15H,6-10H2;1H. The van der Waals surface area contributed by atoms with Crippen LogP contribution in [-0.4, -0.2) is 13.1 Å². The van der Waals surface area contributed by atoms with E-state index in [1.807, 2.05) is 18.2 Å². The van der Waals surface area contributed by atoms with Gasteiger partial charge in [-0.25, -0.2) is 0 Å². The van der Waals surface area contributed by atoms with E-state index < -0.39 is 0 Å². The zero-order valence-electron chi connectivity index (χ0n) is 10.2. The molecule has 0 saturated carbocycles. The summed E-state index contributed by atoms with van der Waals surface area (Å²) in [6.07, 6.45) is 2.84. The Labute approximate surface area is 105 Å². The molecular weight excluding hydrogens is 220 g/mol. The Morgan fingerprint density at radius 1 is 1.25 bits per heavy atom. The van der Waals surface area contributed by atoms with E-state index in [1.165, 1.54) is 5.56 Å². The summed E-state index contributed by atoms with van der Waals surface area (Å²) in [5.41, 5.74) is 1.15. The average Bonchev–Trinajstić information content (AvgIpc) is 2.32. The first-order chi connectivity index (χ1) is 7.35. The minimum atomic E-state index is -0.132. The molecule has 1 aliphatic heterocycles. The van der Waals surface area contributed by atoms with Crippen LogP contribution in [-0.2, 0) is 6.42 Å². The summed E-state index contributed by atoms with van der Waals surface area (Å²) in [6.45, 7) is 1.95. The number of hydrogen-bond donors (Lipinski definition) is 1. The van der Waals surface area contributed by atoms with Crippen LogP contribution in [0.3, 0.4) is 0 Å². The van der Waals surface area contributed by atoms with Crippen LogP contribution in [0.2, 0.25) is 0 Å². The van der Waals surface area contributed by atoms with E-state index in [2.05, 4.69) is 23.5 Å². The lowest BCUT2D eigenvalue weighted by Crippen LogP contribution is -3.00. The molecule has 1 N–H and O–H groups in total. The summed E-state index contributed by atoms with van der Waals surface area (Å²) >= 11 is 0. The Bertz CT molecular complexity index is 355. The van der Waals surface area contributed by atoms with Gasteiger partial charge in [0.2, 0.25) is 0 Å². The van der Waals surface area contributed by atoms with Crippen molar-refractivity contribution in [3.63, 3.8) is 0 Å². The number of hydrogen-bond acceptors (Lipinski definition) is 2. The first kappa shape index (κ1) is 13.0. The van der Waals surface area contributed by atoms with E-state index in [1.54, 1.807) is 0 Å². The van der Waals surface area contributed by atoms with Crippen molar-refractivity contribution >= 4 is 0 Å². The van der Waals surface area contributed by atoms with Crippen LogP contribution in [0.25, 0.3) is 0 Å². The van der Waals surface area contributed by atoms with E-state index in [9.17, 15) is 5.26 Å². The first-order valence-electron chi connectivity index (χ1n) is 5.51. The second kappa shape index (κ2) is 5.89. The predicted octanol–water partition coefficient (Wildman–Crippen LogP) is -0.761. The Kier molecular flexibility index (Phi) is 4.79. The molecule has 0 unspecified atom stereocenters. The molecule has 1 aromatic carbocycles. The van der Waals surface area contributed by atoms with Gasteiger partial charge in [-0.3, -0.25) is 0 Å². The maximum Gasteiger partial charge on any atom is 1.00 e. The van der Waals surface area contributed by atoms with E-state index in [0.717, 1.165) is 32.4 Å². The molecule has 1 heterocycles. The highest BCUT2D eigenvalue weighted by Gasteiger charge is 2.31. The molecule has 1 fully saturated rings. The van der Waals surface area contributed by atoms with Crippen molar-refractivity contribution in [1.29, 1.82) is 5.26 Å². The van der Waals surface area contributed by atoms with Gasteiger partial charge in [0.15, 0.2) is 0 Å².